The fraction of sp³-hybridized carbons (Fsp3) is 0.381. The van der Waals surface area contributed by atoms with Crippen LogP contribution in [0, 0.1) is 0 Å². The molecule has 0 aliphatic rings. The Labute approximate surface area is 144 Å². The minimum atomic E-state index is -0.0131. The maximum atomic E-state index is 12.1. The summed E-state index contributed by atoms with van der Waals surface area (Å²) < 4.78 is 0. The van der Waals surface area contributed by atoms with Crippen LogP contribution in [0.15, 0.2) is 54.6 Å². The van der Waals surface area contributed by atoms with Crippen LogP contribution in [0.3, 0.4) is 0 Å². The van der Waals surface area contributed by atoms with Crippen LogP contribution in [0.2, 0.25) is 0 Å². The molecule has 3 nitrogen and oxygen atoms in total. The van der Waals surface area contributed by atoms with Gasteiger partial charge in [-0.25, -0.2) is 0 Å². The molecule has 0 aliphatic heterocycles. The van der Waals surface area contributed by atoms with Gasteiger partial charge in [0.2, 0.25) is 0 Å². The highest BCUT2D eigenvalue weighted by atomic mass is 16.3. The van der Waals surface area contributed by atoms with E-state index in [0.29, 0.717) is 11.3 Å². The molecule has 1 unspecified atom stereocenters. The molecule has 0 spiro atoms. The lowest BCUT2D eigenvalue weighted by atomic mass is 9.80. The number of hydrogen-bond acceptors (Lipinski definition) is 2. The lowest BCUT2D eigenvalue weighted by molar-refractivity contribution is 0.0937. The van der Waals surface area contributed by atoms with Crippen LogP contribution in [-0.4, -0.2) is 17.1 Å². The molecular formula is C21H27NO2. The molecule has 0 radical (unpaired) electrons. The van der Waals surface area contributed by atoms with Crippen molar-refractivity contribution >= 4 is 5.91 Å². The molecular weight excluding hydrogens is 298 g/mol. The van der Waals surface area contributed by atoms with Crippen molar-refractivity contribution in [3.05, 3.63) is 65.7 Å². The molecule has 0 bridgehead atoms. The summed E-state index contributed by atoms with van der Waals surface area (Å²) in [4.78, 5) is 12.1. The SMILES string of the molecule is CC(CCCC(C)(C)c1ccc(O)cc1)NC(=O)c1ccccc1. The summed E-state index contributed by atoms with van der Waals surface area (Å²) >= 11 is 0. The Bertz CT molecular complexity index is 647. The van der Waals surface area contributed by atoms with Gasteiger partial charge in [-0.3, -0.25) is 4.79 Å². The van der Waals surface area contributed by atoms with Crippen molar-refractivity contribution in [2.45, 2.75) is 51.5 Å². The molecule has 0 aliphatic carbocycles. The maximum absolute atomic E-state index is 12.1. The summed E-state index contributed by atoms with van der Waals surface area (Å²) in [5.74, 6) is 0.285. The highest BCUT2D eigenvalue weighted by Gasteiger charge is 2.20. The Kier molecular flexibility index (Phi) is 6.02. The lowest BCUT2D eigenvalue weighted by Crippen LogP contribution is -2.32. The number of carbonyl (C=O) groups excluding carboxylic acids is 1. The van der Waals surface area contributed by atoms with Crippen molar-refractivity contribution in [2.24, 2.45) is 0 Å². The number of carbonyl (C=O) groups is 1. The van der Waals surface area contributed by atoms with Gasteiger partial charge in [0, 0.05) is 11.6 Å². The van der Waals surface area contributed by atoms with Crippen LogP contribution in [-0.2, 0) is 5.41 Å². The van der Waals surface area contributed by atoms with Crippen molar-refractivity contribution in [1.29, 1.82) is 0 Å². The molecule has 24 heavy (non-hydrogen) atoms. The van der Waals surface area contributed by atoms with Crippen molar-refractivity contribution in [2.75, 3.05) is 0 Å². The predicted octanol–water partition coefficient (Wildman–Crippen LogP) is 4.66. The predicted molar refractivity (Wildman–Crippen MR) is 98.4 cm³/mol. The lowest BCUT2D eigenvalue weighted by Gasteiger charge is -2.26. The average molecular weight is 325 g/mol. The summed E-state index contributed by atoms with van der Waals surface area (Å²) in [5, 5.41) is 12.5. The number of rotatable bonds is 7. The van der Waals surface area contributed by atoms with E-state index in [0.717, 1.165) is 19.3 Å². The number of aromatic hydroxyl groups is 1. The van der Waals surface area contributed by atoms with Gasteiger partial charge in [0.25, 0.3) is 5.91 Å². The van der Waals surface area contributed by atoms with Gasteiger partial charge in [-0.2, -0.15) is 0 Å². The van der Waals surface area contributed by atoms with Gasteiger partial charge in [0.15, 0.2) is 0 Å². The number of hydrogen-bond donors (Lipinski definition) is 2. The van der Waals surface area contributed by atoms with E-state index in [1.807, 2.05) is 49.4 Å². The van der Waals surface area contributed by atoms with Gasteiger partial charge < -0.3 is 10.4 Å². The van der Waals surface area contributed by atoms with E-state index in [4.69, 9.17) is 0 Å². The standard InChI is InChI=1S/C21H27NO2/c1-16(22-20(24)17-9-5-4-6-10-17)8-7-15-21(2,3)18-11-13-19(23)14-12-18/h4-6,9-14,16,23H,7-8,15H2,1-3H3,(H,22,24). The van der Waals surface area contributed by atoms with E-state index < -0.39 is 0 Å². The van der Waals surface area contributed by atoms with E-state index in [1.54, 1.807) is 12.1 Å². The number of benzene rings is 2. The van der Waals surface area contributed by atoms with Gasteiger partial charge in [0.05, 0.1) is 0 Å². The van der Waals surface area contributed by atoms with Crippen molar-refractivity contribution in [3.8, 4) is 5.75 Å². The summed E-state index contributed by atoms with van der Waals surface area (Å²) in [7, 11) is 0. The summed E-state index contributed by atoms with van der Waals surface area (Å²) in [5.41, 5.74) is 1.98. The second-order valence-corrected chi connectivity index (χ2v) is 7.06. The maximum Gasteiger partial charge on any atom is 0.251 e. The second-order valence-electron chi connectivity index (χ2n) is 7.06. The van der Waals surface area contributed by atoms with Gasteiger partial charge >= 0.3 is 0 Å². The van der Waals surface area contributed by atoms with Crippen LogP contribution in [0.4, 0.5) is 0 Å². The second kappa shape index (κ2) is 8.00. The number of nitrogens with one attached hydrogen (secondary N) is 1. The fourth-order valence-electron chi connectivity index (χ4n) is 2.88. The summed E-state index contributed by atoms with van der Waals surface area (Å²) in [6.07, 6.45) is 3.01. The first-order valence-electron chi connectivity index (χ1n) is 8.54. The monoisotopic (exact) mass is 325 g/mol. The van der Waals surface area contributed by atoms with Gasteiger partial charge in [0.1, 0.15) is 5.75 Å². The minimum Gasteiger partial charge on any atom is -0.508 e. The summed E-state index contributed by atoms with van der Waals surface area (Å²) in [6, 6.07) is 16.9. The molecule has 2 aromatic rings. The highest BCUT2D eigenvalue weighted by Crippen LogP contribution is 2.30. The van der Waals surface area contributed by atoms with E-state index in [1.165, 1.54) is 5.56 Å². The first-order valence-corrected chi connectivity index (χ1v) is 8.54. The molecule has 0 fully saturated rings. The third kappa shape index (κ3) is 5.12. The minimum absolute atomic E-state index is 0.0131. The zero-order chi connectivity index (χ0) is 17.6. The van der Waals surface area contributed by atoms with Crippen molar-refractivity contribution < 1.29 is 9.90 Å². The molecule has 1 amide bonds. The van der Waals surface area contributed by atoms with Crippen LogP contribution < -0.4 is 5.32 Å². The largest absolute Gasteiger partial charge is 0.508 e. The van der Waals surface area contributed by atoms with Crippen LogP contribution in [0.25, 0.3) is 0 Å². The number of amides is 1. The Morgan fingerprint density at radius 1 is 1.08 bits per heavy atom. The Balaban J connectivity index is 1.80. The highest BCUT2D eigenvalue weighted by molar-refractivity contribution is 5.94. The molecule has 0 aromatic heterocycles. The first-order chi connectivity index (χ1) is 11.4. The zero-order valence-electron chi connectivity index (χ0n) is 14.8. The Morgan fingerprint density at radius 3 is 2.33 bits per heavy atom. The molecule has 2 N–H and O–H groups in total. The molecule has 0 heterocycles. The van der Waals surface area contributed by atoms with E-state index in [2.05, 4.69) is 19.2 Å². The number of phenolic OH excluding ortho intramolecular Hbond substituents is 1. The van der Waals surface area contributed by atoms with E-state index in [9.17, 15) is 9.90 Å². The van der Waals surface area contributed by atoms with Crippen LogP contribution >= 0.6 is 0 Å². The van der Waals surface area contributed by atoms with E-state index >= 15 is 0 Å². The summed E-state index contributed by atoms with van der Waals surface area (Å²) in [6.45, 7) is 6.48. The topological polar surface area (TPSA) is 49.3 Å². The fourth-order valence-corrected chi connectivity index (χ4v) is 2.88. The van der Waals surface area contributed by atoms with Gasteiger partial charge in [-0.15, -0.1) is 0 Å². The molecule has 2 rings (SSSR count). The smallest absolute Gasteiger partial charge is 0.251 e. The van der Waals surface area contributed by atoms with Gasteiger partial charge in [-0.05, 0) is 55.0 Å². The Morgan fingerprint density at radius 2 is 1.71 bits per heavy atom. The number of phenols is 1. The first kappa shape index (κ1) is 18.1. The molecule has 0 saturated heterocycles. The molecule has 0 saturated carbocycles. The quantitative estimate of drug-likeness (QED) is 0.778. The third-order valence-electron chi connectivity index (χ3n) is 4.50. The molecule has 1 atom stereocenters. The molecule has 2 aromatic carbocycles. The van der Waals surface area contributed by atoms with E-state index in [-0.39, 0.29) is 17.4 Å². The van der Waals surface area contributed by atoms with Crippen molar-refractivity contribution in [1.82, 2.24) is 5.32 Å². The average Bonchev–Trinajstić information content (AvgIpc) is 2.56. The molecule has 3 heteroatoms. The normalized spacial score (nSPS) is 12.6. The zero-order valence-corrected chi connectivity index (χ0v) is 14.8. The van der Waals surface area contributed by atoms with Crippen LogP contribution in [0.5, 0.6) is 5.75 Å². The van der Waals surface area contributed by atoms with Crippen LogP contribution in [0.1, 0.15) is 56.0 Å². The van der Waals surface area contributed by atoms with Gasteiger partial charge in [-0.1, -0.05) is 50.6 Å². The Hall–Kier alpha value is -2.29. The van der Waals surface area contributed by atoms with Crippen molar-refractivity contribution in [3.63, 3.8) is 0 Å². The third-order valence-corrected chi connectivity index (χ3v) is 4.50. The molecule has 128 valence electrons.